The third kappa shape index (κ3) is 4.01. The molecule has 0 bridgehead atoms. The first kappa shape index (κ1) is 16.6. The van der Waals surface area contributed by atoms with Crippen LogP contribution in [0.15, 0.2) is 0 Å². The van der Waals surface area contributed by atoms with Crippen molar-refractivity contribution in [2.75, 3.05) is 31.3 Å². The summed E-state index contributed by atoms with van der Waals surface area (Å²) in [6, 6.07) is -0.637. The SMILES string of the molecule is CCNc1nc(C)c([N+](=O)[O-])c(NC(C)C(=O)N(C)C)n1. The second-order valence-corrected chi connectivity index (χ2v) is 4.72. The minimum atomic E-state index is -0.637. The van der Waals surface area contributed by atoms with Gasteiger partial charge in [0.15, 0.2) is 0 Å². The Morgan fingerprint density at radius 2 is 2.05 bits per heavy atom. The fourth-order valence-electron chi connectivity index (χ4n) is 1.78. The zero-order valence-corrected chi connectivity index (χ0v) is 12.8. The van der Waals surface area contributed by atoms with Crippen LogP contribution in [0.5, 0.6) is 0 Å². The number of amides is 1. The predicted octanol–water partition coefficient (Wildman–Crippen LogP) is 1.01. The van der Waals surface area contributed by atoms with E-state index in [0.29, 0.717) is 6.54 Å². The van der Waals surface area contributed by atoms with E-state index in [4.69, 9.17) is 0 Å². The first-order valence-electron chi connectivity index (χ1n) is 6.52. The van der Waals surface area contributed by atoms with Crippen LogP contribution in [-0.4, -0.2) is 52.4 Å². The van der Waals surface area contributed by atoms with Gasteiger partial charge in [0.2, 0.25) is 17.7 Å². The summed E-state index contributed by atoms with van der Waals surface area (Å²) in [5.74, 6) is 0.115. The Balaban J connectivity index is 3.18. The largest absolute Gasteiger partial charge is 0.354 e. The van der Waals surface area contributed by atoms with Crippen LogP contribution < -0.4 is 10.6 Å². The second kappa shape index (κ2) is 6.82. The maximum Gasteiger partial charge on any atom is 0.332 e. The lowest BCUT2D eigenvalue weighted by molar-refractivity contribution is -0.385. The minimum Gasteiger partial charge on any atom is -0.354 e. The van der Waals surface area contributed by atoms with Crippen molar-refractivity contribution in [2.24, 2.45) is 0 Å². The number of nitro groups is 1. The van der Waals surface area contributed by atoms with Gasteiger partial charge in [-0.15, -0.1) is 0 Å². The second-order valence-electron chi connectivity index (χ2n) is 4.72. The van der Waals surface area contributed by atoms with Crippen molar-refractivity contribution < 1.29 is 9.72 Å². The van der Waals surface area contributed by atoms with Gasteiger partial charge < -0.3 is 15.5 Å². The van der Waals surface area contributed by atoms with Crippen LogP contribution in [0.3, 0.4) is 0 Å². The lowest BCUT2D eigenvalue weighted by atomic mass is 10.2. The molecule has 1 atom stereocenters. The van der Waals surface area contributed by atoms with E-state index in [1.165, 1.54) is 11.8 Å². The van der Waals surface area contributed by atoms with Gasteiger partial charge in [-0.2, -0.15) is 4.98 Å². The number of rotatable bonds is 6. The Bertz CT molecular complexity index is 546. The highest BCUT2D eigenvalue weighted by atomic mass is 16.6. The molecule has 0 saturated heterocycles. The number of anilines is 2. The van der Waals surface area contributed by atoms with E-state index in [1.54, 1.807) is 21.0 Å². The molecule has 1 unspecified atom stereocenters. The first-order chi connectivity index (χ1) is 9.77. The van der Waals surface area contributed by atoms with Crippen LogP contribution in [0.2, 0.25) is 0 Å². The maximum atomic E-state index is 11.9. The fourth-order valence-corrected chi connectivity index (χ4v) is 1.78. The van der Waals surface area contributed by atoms with E-state index in [1.807, 2.05) is 6.92 Å². The lowest BCUT2D eigenvalue weighted by Crippen LogP contribution is -2.37. The molecule has 0 saturated carbocycles. The van der Waals surface area contributed by atoms with Crippen molar-refractivity contribution in [3.63, 3.8) is 0 Å². The molecule has 1 aromatic rings. The number of nitrogens with zero attached hydrogens (tertiary/aromatic N) is 4. The Morgan fingerprint density at radius 3 is 2.52 bits per heavy atom. The van der Waals surface area contributed by atoms with Crippen LogP contribution in [0.25, 0.3) is 0 Å². The van der Waals surface area contributed by atoms with Crippen molar-refractivity contribution in [3.8, 4) is 0 Å². The van der Waals surface area contributed by atoms with E-state index >= 15 is 0 Å². The summed E-state index contributed by atoms with van der Waals surface area (Å²) in [6.07, 6.45) is 0. The molecule has 21 heavy (non-hydrogen) atoms. The Labute approximate surface area is 122 Å². The van der Waals surface area contributed by atoms with Gasteiger partial charge >= 0.3 is 5.69 Å². The number of nitrogens with one attached hydrogen (secondary N) is 2. The summed E-state index contributed by atoms with van der Waals surface area (Å²) >= 11 is 0. The zero-order chi connectivity index (χ0) is 16.2. The first-order valence-corrected chi connectivity index (χ1v) is 6.52. The molecule has 1 heterocycles. The van der Waals surface area contributed by atoms with Gasteiger partial charge in [0.05, 0.1) is 4.92 Å². The van der Waals surface area contributed by atoms with Gasteiger partial charge in [0.25, 0.3) is 0 Å². The van der Waals surface area contributed by atoms with E-state index in [2.05, 4.69) is 20.6 Å². The Hall–Kier alpha value is -2.45. The van der Waals surface area contributed by atoms with Gasteiger partial charge in [0.1, 0.15) is 11.7 Å². The molecular formula is C12H20N6O3. The summed E-state index contributed by atoms with van der Waals surface area (Å²) < 4.78 is 0. The number of aryl methyl sites for hydroxylation is 1. The number of aromatic nitrogens is 2. The molecule has 0 aliphatic heterocycles. The molecule has 9 heteroatoms. The third-order valence-electron chi connectivity index (χ3n) is 2.74. The molecule has 0 aliphatic carbocycles. The van der Waals surface area contributed by atoms with E-state index < -0.39 is 11.0 Å². The summed E-state index contributed by atoms with van der Waals surface area (Å²) in [5.41, 5.74) is 0.00742. The average molecular weight is 296 g/mol. The quantitative estimate of drug-likeness (QED) is 0.595. The van der Waals surface area contributed by atoms with Crippen molar-refractivity contribution in [1.82, 2.24) is 14.9 Å². The van der Waals surface area contributed by atoms with Gasteiger partial charge in [-0.3, -0.25) is 14.9 Å². The average Bonchev–Trinajstić information content (AvgIpc) is 2.36. The molecule has 2 N–H and O–H groups in total. The van der Waals surface area contributed by atoms with Crippen LogP contribution >= 0.6 is 0 Å². The molecule has 116 valence electrons. The number of hydrogen-bond acceptors (Lipinski definition) is 7. The van der Waals surface area contributed by atoms with Crippen LogP contribution in [0.1, 0.15) is 19.5 Å². The van der Waals surface area contributed by atoms with Crippen molar-refractivity contribution in [2.45, 2.75) is 26.8 Å². The topological polar surface area (TPSA) is 113 Å². The van der Waals surface area contributed by atoms with Gasteiger partial charge in [-0.1, -0.05) is 0 Å². The van der Waals surface area contributed by atoms with Gasteiger partial charge in [-0.05, 0) is 20.8 Å². The highest BCUT2D eigenvalue weighted by Crippen LogP contribution is 2.27. The molecule has 1 amide bonds. The normalized spacial score (nSPS) is 11.7. The standard InChI is InChI=1S/C12H20N6O3/c1-6-13-12-15-7(2)9(18(20)21)10(16-12)14-8(3)11(19)17(4)5/h8H,6H2,1-5H3,(H2,13,14,15,16). The molecule has 0 aromatic carbocycles. The molecule has 0 spiro atoms. The molecular weight excluding hydrogens is 276 g/mol. The Kier molecular flexibility index (Phi) is 5.39. The summed E-state index contributed by atoms with van der Waals surface area (Å²) in [5, 5.41) is 16.9. The van der Waals surface area contributed by atoms with E-state index in [9.17, 15) is 14.9 Å². The number of carbonyl (C=O) groups excluding carboxylic acids is 1. The lowest BCUT2D eigenvalue weighted by Gasteiger charge is -2.19. The monoisotopic (exact) mass is 296 g/mol. The van der Waals surface area contributed by atoms with E-state index in [0.717, 1.165) is 0 Å². The maximum absolute atomic E-state index is 11.9. The smallest absolute Gasteiger partial charge is 0.332 e. The molecule has 0 fully saturated rings. The number of carbonyl (C=O) groups is 1. The predicted molar refractivity (Wildman–Crippen MR) is 79.4 cm³/mol. The highest BCUT2D eigenvalue weighted by molar-refractivity contribution is 5.84. The molecule has 0 radical (unpaired) electrons. The molecule has 9 nitrogen and oxygen atoms in total. The number of likely N-dealkylation sites (N-methyl/N-ethyl adjacent to an activating group) is 1. The summed E-state index contributed by atoms with van der Waals surface area (Å²) in [4.78, 5) is 32.0. The van der Waals surface area contributed by atoms with Crippen LogP contribution in [0.4, 0.5) is 17.5 Å². The summed E-state index contributed by atoms with van der Waals surface area (Å²) in [6.45, 7) is 5.61. The third-order valence-corrected chi connectivity index (χ3v) is 2.74. The van der Waals surface area contributed by atoms with Crippen molar-refractivity contribution in [1.29, 1.82) is 0 Å². The van der Waals surface area contributed by atoms with Crippen LogP contribution in [0, 0.1) is 17.0 Å². The highest BCUT2D eigenvalue weighted by Gasteiger charge is 2.25. The molecule has 1 rings (SSSR count). The Morgan fingerprint density at radius 1 is 1.43 bits per heavy atom. The fraction of sp³-hybridized carbons (Fsp3) is 0.583. The van der Waals surface area contributed by atoms with Crippen molar-refractivity contribution >= 4 is 23.4 Å². The zero-order valence-electron chi connectivity index (χ0n) is 12.8. The van der Waals surface area contributed by atoms with Gasteiger partial charge in [-0.25, -0.2) is 4.98 Å². The van der Waals surface area contributed by atoms with Gasteiger partial charge in [0, 0.05) is 20.6 Å². The van der Waals surface area contributed by atoms with Crippen molar-refractivity contribution in [3.05, 3.63) is 15.8 Å². The minimum absolute atomic E-state index is 0.0335. The number of hydrogen-bond donors (Lipinski definition) is 2. The van der Waals surface area contributed by atoms with E-state index in [-0.39, 0.29) is 29.1 Å². The molecule has 1 aromatic heterocycles. The summed E-state index contributed by atoms with van der Waals surface area (Å²) in [7, 11) is 3.23. The molecule has 0 aliphatic rings. The van der Waals surface area contributed by atoms with Crippen LogP contribution in [-0.2, 0) is 4.79 Å².